The first-order valence-electron chi connectivity index (χ1n) is 4.12. The lowest BCUT2D eigenvalue weighted by Gasteiger charge is -2.03. The van der Waals surface area contributed by atoms with Crippen molar-refractivity contribution in [2.75, 3.05) is 6.61 Å². The highest BCUT2D eigenvalue weighted by Gasteiger charge is 1.97. The van der Waals surface area contributed by atoms with Gasteiger partial charge in [0.15, 0.2) is 0 Å². The van der Waals surface area contributed by atoms with E-state index in [-0.39, 0.29) is 0 Å². The maximum atomic E-state index is 5.39. The van der Waals surface area contributed by atoms with E-state index in [1.165, 1.54) is 0 Å². The Morgan fingerprint density at radius 2 is 2.38 bits per heavy atom. The average Bonchev–Trinajstić information content (AvgIpc) is 2.15. The summed E-state index contributed by atoms with van der Waals surface area (Å²) >= 11 is 4.77. The van der Waals surface area contributed by atoms with Crippen LogP contribution < -0.4 is 10.5 Å². The Hall–Kier alpha value is -1.16. The van der Waals surface area contributed by atoms with Gasteiger partial charge in [-0.25, -0.2) is 4.98 Å². The Kier molecular flexibility index (Phi) is 3.64. The summed E-state index contributed by atoms with van der Waals surface area (Å²) in [6.07, 6.45) is 2.61. The van der Waals surface area contributed by atoms with Crippen LogP contribution in [0.15, 0.2) is 18.3 Å². The fourth-order valence-corrected chi connectivity index (χ4v) is 0.952. The number of nitrogens with two attached hydrogens (primary N) is 1. The zero-order valence-corrected chi connectivity index (χ0v) is 8.30. The van der Waals surface area contributed by atoms with E-state index < -0.39 is 0 Å². The van der Waals surface area contributed by atoms with Gasteiger partial charge in [0.1, 0.15) is 10.7 Å². The molecule has 0 aromatic carbocycles. The lowest BCUT2D eigenvalue weighted by atomic mass is 10.3. The third-order valence-electron chi connectivity index (χ3n) is 1.46. The number of nitrogens with zero attached hydrogens (tertiary/aromatic N) is 1. The summed E-state index contributed by atoms with van der Waals surface area (Å²) in [5.41, 5.74) is 6.02. The number of aromatic nitrogens is 1. The van der Waals surface area contributed by atoms with Gasteiger partial charge in [0, 0.05) is 0 Å². The van der Waals surface area contributed by atoms with E-state index in [0.717, 1.165) is 12.2 Å². The highest BCUT2D eigenvalue weighted by Crippen LogP contribution is 2.09. The predicted molar refractivity (Wildman–Crippen MR) is 55.9 cm³/mol. The fraction of sp³-hybridized carbons (Fsp3) is 0.333. The molecule has 3 nitrogen and oxygen atoms in total. The van der Waals surface area contributed by atoms with Crippen LogP contribution in [0.2, 0.25) is 0 Å². The van der Waals surface area contributed by atoms with Gasteiger partial charge in [-0.1, -0.05) is 19.1 Å². The predicted octanol–water partition coefficient (Wildman–Crippen LogP) is 1.50. The Labute approximate surface area is 82.9 Å². The maximum absolute atomic E-state index is 5.39. The number of hydrogen-bond donors (Lipinski definition) is 1. The van der Waals surface area contributed by atoms with Gasteiger partial charge in [0.25, 0.3) is 0 Å². The van der Waals surface area contributed by atoms with E-state index in [1.807, 2.05) is 6.07 Å². The SMILES string of the molecule is CCCOc1ccc(C(N)=S)nc1. The van der Waals surface area contributed by atoms with Crippen LogP contribution in [0.5, 0.6) is 5.75 Å². The average molecular weight is 196 g/mol. The monoisotopic (exact) mass is 196 g/mol. The summed E-state index contributed by atoms with van der Waals surface area (Å²) < 4.78 is 5.34. The molecule has 2 N–H and O–H groups in total. The summed E-state index contributed by atoms with van der Waals surface area (Å²) in [7, 11) is 0. The van der Waals surface area contributed by atoms with E-state index >= 15 is 0 Å². The molecule has 0 atom stereocenters. The van der Waals surface area contributed by atoms with Crippen molar-refractivity contribution in [3.05, 3.63) is 24.0 Å². The van der Waals surface area contributed by atoms with Gasteiger partial charge < -0.3 is 10.5 Å². The molecule has 0 aliphatic heterocycles. The summed E-state index contributed by atoms with van der Waals surface area (Å²) in [5, 5.41) is 0. The van der Waals surface area contributed by atoms with Crippen molar-refractivity contribution < 1.29 is 4.74 Å². The molecule has 0 bridgehead atoms. The molecule has 0 spiro atoms. The normalized spacial score (nSPS) is 9.62. The summed E-state index contributed by atoms with van der Waals surface area (Å²) in [6, 6.07) is 3.57. The summed E-state index contributed by atoms with van der Waals surface area (Å²) in [4.78, 5) is 4.35. The largest absolute Gasteiger partial charge is 0.492 e. The summed E-state index contributed by atoms with van der Waals surface area (Å²) in [5.74, 6) is 0.752. The molecule has 4 heteroatoms. The van der Waals surface area contributed by atoms with Crippen molar-refractivity contribution in [1.82, 2.24) is 4.98 Å². The van der Waals surface area contributed by atoms with Gasteiger partial charge in [-0.05, 0) is 18.6 Å². The summed E-state index contributed by atoms with van der Waals surface area (Å²) in [6.45, 7) is 2.75. The quantitative estimate of drug-likeness (QED) is 0.741. The van der Waals surface area contributed by atoms with Crippen LogP contribution in [0.1, 0.15) is 19.0 Å². The van der Waals surface area contributed by atoms with E-state index in [2.05, 4.69) is 11.9 Å². The Morgan fingerprint density at radius 1 is 1.62 bits per heavy atom. The topological polar surface area (TPSA) is 48.1 Å². The van der Waals surface area contributed by atoms with E-state index in [4.69, 9.17) is 22.7 Å². The van der Waals surface area contributed by atoms with Crippen molar-refractivity contribution in [3.8, 4) is 5.75 Å². The van der Waals surface area contributed by atoms with Crippen molar-refractivity contribution in [1.29, 1.82) is 0 Å². The van der Waals surface area contributed by atoms with Gasteiger partial charge in [-0.2, -0.15) is 0 Å². The molecule has 0 aliphatic carbocycles. The van der Waals surface area contributed by atoms with Gasteiger partial charge in [0.2, 0.25) is 0 Å². The van der Waals surface area contributed by atoms with E-state index in [1.54, 1.807) is 12.3 Å². The second-order valence-electron chi connectivity index (χ2n) is 2.59. The molecule has 0 saturated heterocycles. The fourth-order valence-electron chi connectivity index (χ4n) is 0.831. The second kappa shape index (κ2) is 4.77. The Morgan fingerprint density at radius 3 is 2.85 bits per heavy atom. The number of hydrogen-bond acceptors (Lipinski definition) is 3. The maximum Gasteiger partial charge on any atom is 0.137 e. The first-order chi connectivity index (χ1) is 6.24. The molecule has 0 aliphatic rings. The van der Waals surface area contributed by atoms with Crippen molar-refractivity contribution in [2.24, 2.45) is 5.73 Å². The minimum atomic E-state index is 0.307. The Bertz CT molecular complexity index is 284. The molecule has 1 rings (SSSR count). The van der Waals surface area contributed by atoms with Gasteiger partial charge in [-0.3, -0.25) is 0 Å². The van der Waals surface area contributed by atoms with Crippen LogP contribution in [0.4, 0.5) is 0 Å². The van der Waals surface area contributed by atoms with Crippen LogP contribution in [-0.2, 0) is 0 Å². The Balaban J connectivity index is 2.64. The van der Waals surface area contributed by atoms with E-state index in [9.17, 15) is 0 Å². The number of rotatable bonds is 4. The molecular formula is C9H12N2OS. The molecule has 70 valence electrons. The zero-order chi connectivity index (χ0) is 9.68. The van der Waals surface area contributed by atoms with Crippen LogP contribution in [0.3, 0.4) is 0 Å². The smallest absolute Gasteiger partial charge is 0.137 e. The molecule has 0 radical (unpaired) electrons. The lowest BCUT2D eigenvalue weighted by Crippen LogP contribution is -2.11. The standard InChI is InChI=1S/C9H12N2OS/c1-2-5-12-7-3-4-8(9(10)13)11-6-7/h3-4,6H,2,5H2,1H3,(H2,10,13). The number of pyridine rings is 1. The molecule has 1 aromatic rings. The highest BCUT2D eigenvalue weighted by molar-refractivity contribution is 7.80. The second-order valence-corrected chi connectivity index (χ2v) is 3.03. The molecular weight excluding hydrogens is 184 g/mol. The van der Waals surface area contributed by atoms with Gasteiger partial charge in [-0.15, -0.1) is 0 Å². The van der Waals surface area contributed by atoms with Crippen molar-refractivity contribution in [2.45, 2.75) is 13.3 Å². The molecule has 0 unspecified atom stereocenters. The highest BCUT2D eigenvalue weighted by atomic mass is 32.1. The van der Waals surface area contributed by atoms with Crippen LogP contribution in [-0.4, -0.2) is 16.6 Å². The molecule has 13 heavy (non-hydrogen) atoms. The van der Waals surface area contributed by atoms with Crippen molar-refractivity contribution in [3.63, 3.8) is 0 Å². The van der Waals surface area contributed by atoms with Crippen molar-refractivity contribution >= 4 is 17.2 Å². The van der Waals surface area contributed by atoms with Crippen LogP contribution in [0, 0.1) is 0 Å². The first-order valence-corrected chi connectivity index (χ1v) is 4.53. The van der Waals surface area contributed by atoms with Gasteiger partial charge in [0.05, 0.1) is 18.5 Å². The number of ether oxygens (including phenoxy) is 1. The molecule has 1 heterocycles. The zero-order valence-electron chi connectivity index (χ0n) is 7.49. The molecule has 0 fully saturated rings. The first kappa shape index (κ1) is 9.92. The third kappa shape index (κ3) is 2.99. The molecule has 0 saturated carbocycles. The minimum Gasteiger partial charge on any atom is -0.492 e. The minimum absolute atomic E-state index is 0.307. The van der Waals surface area contributed by atoms with Gasteiger partial charge >= 0.3 is 0 Å². The number of thiocarbonyl (C=S) groups is 1. The third-order valence-corrected chi connectivity index (χ3v) is 1.67. The van der Waals surface area contributed by atoms with Crippen LogP contribution >= 0.6 is 12.2 Å². The van der Waals surface area contributed by atoms with Crippen LogP contribution in [0.25, 0.3) is 0 Å². The molecule has 0 amide bonds. The lowest BCUT2D eigenvalue weighted by molar-refractivity contribution is 0.316. The van der Waals surface area contributed by atoms with E-state index in [0.29, 0.717) is 17.3 Å². The molecule has 1 aromatic heterocycles.